The van der Waals surface area contributed by atoms with Crippen molar-refractivity contribution >= 4 is 23.4 Å². The van der Waals surface area contributed by atoms with Gasteiger partial charge in [-0.05, 0) is 23.3 Å². The molecule has 140 valence electrons. The Morgan fingerprint density at radius 1 is 0.893 bits per heavy atom. The van der Waals surface area contributed by atoms with Crippen molar-refractivity contribution in [3.05, 3.63) is 96.1 Å². The lowest BCUT2D eigenvalue weighted by Crippen LogP contribution is -2.32. The predicted molar refractivity (Wildman–Crippen MR) is 114 cm³/mol. The second-order valence-electron chi connectivity index (χ2n) is 6.13. The van der Waals surface area contributed by atoms with E-state index in [9.17, 15) is 4.79 Å². The van der Waals surface area contributed by atoms with Gasteiger partial charge >= 0.3 is 0 Å². The molecule has 5 heteroatoms. The number of amides is 1. The van der Waals surface area contributed by atoms with E-state index in [2.05, 4.69) is 41.0 Å². The monoisotopic (exact) mass is 387 g/mol. The van der Waals surface area contributed by atoms with Crippen LogP contribution >= 0.6 is 11.8 Å². The summed E-state index contributed by atoms with van der Waals surface area (Å²) >= 11 is 1.41. The number of hydrogen-bond donors (Lipinski definition) is 2. The Morgan fingerprint density at radius 2 is 1.46 bits per heavy atom. The van der Waals surface area contributed by atoms with Crippen LogP contribution in [0.1, 0.15) is 17.2 Å². The molecular weight excluding hydrogens is 366 g/mol. The van der Waals surface area contributed by atoms with Crippen molar-refractivity contribution in [2.24, 2.45) is 0 Å². The van der Waals surface area contributed by atoms with Gasteiger partial charge in [0.1, 0.15) is 0 Å². The molecule has 28 heavy (non-hydrogen) atoms. The molecule has 0 spiro atoms. The quantitative estimate of drug-likeness (QED) is 0.554. The maximum absolute atomic E-state index is 12.6. The molecule has 0 fully saturated rings. The lowest BCUT2D eigenvalue weighted by atomic mass is 9.99. The van der Waals surface area contributed by atoms with Crippen molar-refractivity contribution in [3.8, 4) is 6.07 Å². The summed E-state index contributed by atoms with van der Waals surface area (Å²) in [5, 5.41) is 15.1. The Bertz CT molecular complexity index is 899. The molecule has 3 aromatic rings. The molecule has 4 nitrogen and oxygen atoms in total. The predicted octanol–water partition coefficient (Wildman–Crippen LogP) is 4.62. The van der Waals surface area contributed by atoms with Crippen molar-refractivity contribution < 1.29 is 4.79 Å². The van der Waals surface area contributed by atoms with E-state index >= 15 is 0 Å². The van der Waals surface area contributed by atoms with Gasteiger partial charge in [-0.15, -0.1) is 11.8 Å². The molecule has 0 atom stereocenters. The van der Waals surface area contributed by atoms with Crippen LogP contribution < -0.4 is 10.6 Å². The van der Waals surface area contributed by atoms with Crippen LogP contribution in [-0.4, -0.2) is 18.2 Å². The molecule has 0 aliphatic rings. The van der Waals surface area contributed by atoms with E-state index in [1.807, 2.05) is 60.7 Å². The summed E-state index contributed by atoms with van der Waals surface area (Å²) in [6.07, 6.45) is 0. The van der Waals surface area contributed by atoms with Crippen LogP contribution in [0, 0.1) is 11.3 Å². The number of carbonyl (C=O) groups excluding carboxylic acids is 1. The summed E-state index contributed by atoms with van der Waals surface area (Å²) in [7, 11) is 0. The summed E-state index contributed by atoms with van der Waals surface area (Å²) in [4.78, 5) is 13.4. The van der Waals surface area contributed by atoms with Crippen LogP contribution in [0.25, 0.3) is 0 Å². The number of thioether (sulfide) groups is 1. The maximum atomic E-state index is 12.6. The van der Waals surface area contributed by atoms with Crippen LogP contribution in [0.5, 0.6) is 0 Å². The summed E-state index contributed by atoms with van der Waals surface area (Å²) in [5.41, 5.74) is 2.93. The van der Waals surface area contributed by atoms with Gasteiger partial charge in [-0.1, -0.05) is 72.8 Å². The highest BCUT2D eigenvalue weighted by Crippen LogP contribution is 2.26. The maximum Gasteiger partial charge on any atom is 0.238 e. The third-order valence-electron chi connectivity index (χ3n) is 4.19. The molecule has 0 saturated heterocycles. The summed E-state index contributed by atoms with van der Waals surface area (Å²) in [6, 6.07) is 29.7. The van der Waals surface area contributed by atoms with Gasteiger partial charge in [0.05, 0.1) is 30.1 Å². The summed E-state index contributed by atoms with van der Waals surface area (Å²) in [6.45, 7) is 0.172. The van der Waals surface area contributed by atoms with Crippen LogP contribution in [0.3, 0.4) is 0 Å². The first-order valence-corrected chi connectivity index (χ1v) is 9.98. The van der Waals surface area contributed by atoms with Crippen LogP contribution in [0.4, 0.5) is 5.69 Å². The third kappa shape index (κ3) is 5.46. The van der Waals surface area contributed by atoms with E-state index in [0.717, 1.165) is 21.7 Å². The third-order valence-corrected chi connectivity index (χ3v) is 5.13. The number of rotatable bonds is 8. The summed E-state index contributed by atoms with van der Waals surface area (Å²) in [5.74, 6) is 0.219. The zero-order chi connectivity index (χ0) is 19.6. The van der Waals surface area contributed by atoms with E-state index in [0.29, 0.717) is 5.75 Å². The first-order chi connectivity index (χ1) is 13.8. The fourth-order valence-electron chi connectivity index (χ4n) is 2.91. The average molecular weight is 388 g/mol. The molecule has 3 aromatic carbocycles. The SMILES string of the molecule is N#CCSc1ccccc1NC(=O)CNC(c1ccccc1)c1ccccc1. The Hall–Kier alpha value is -3.07. The number of hydrogen-bond acceptors (Lipinski definition) is 4. The first-order valence-electron chi connectivity index (χ1n) is 9.00. The number of nitriles is 1. The molecule has 0 unspecified atom stereocenters. The van der Waals surface area contributed by atoms with Gasteiger partial charge in [0.15, 0.2) is 0 Å². The molecule has 0 bridgehead atoms. The Morgan fingerprint density at radius 3 is 2.07 bits per heavy atom. The second-order valence-corrected chi connectivity index (χ2v) is 7.14. The lowest BCUT2D eigenvalue weighted by molar-refractivity contribution is -0.115. The first kappa shape index (κ1) is 19.7. The highest BCUT2D eigenvalue weighted by Gasteiger charge is 2.15. The second kappa shape index (κ2) is 10.3. The van der Waals surface area contributed by atoms with Crippen molar-refractivity contribution in [2.75, 3.05) is 17.6 Å². The standard InChI is InChI=1S/C23H21N3OS/c24-15-16-28-21-14-8-7-13-20(21)26-22(27)17-25-23(18-9-3-1-4-10-18)19-11-5-2-6-12-19/h1-14,23,25H,16-17H2,(H,26,27). The van der Waals surface area contributed by atoms with Gasteiger partial charge in [0, 0.05) is 4.90 Å². The molecule has 0 aromatic heterocycles. The van der Waals surface area contributed by atoms with Crippen molar-refractivity contribution in [1.29, 1.82) is 5.26 Å². The van der Waals surface area contributed by atoms with Crippen LogP contribution in [0.2, 0.25) is 0 Å². The zero-order valence-electron chi connectivity index (χ0n) is 15.3. The molecule has 3 rings (SSSR count). The van der Waals surface area contributed by atoms with Gasteiger partial charge in [-0.25, -0.2) is 0 Å². The zero-order valence-corrected chi connectivity index (χ0v) is 16.2. The van der Waals surface area contributed by atoms with E-state index < -0.39 is 0 Å². The highest BCUT2D eigenvalue weighted by molar-refractivity contribution is 7.99. The number of anilines is 1. The molecule has 0 heterocycles. The number of nitrogens with one attached hydrogen (secondary N) is 2. The molecule has 0 aliphatic heterocycles. The van der Waals surface area contributed by atoms with Gasteiger partial charge in [0.25, 0.3) is 0 Å². The van der Waals surface area contributed by atoms with Crippen molar-refractivity contribution in [3.63, 3.8) is 0 Å². The fourth-order valence-corrected chi connectivity index (χ4v) is 3.58. The van der Waals surface area contributed by atoms with Gasteiger partial charge < -0.3 is 5.32 Å². The minimum atomic E-state index is -0.123. The molecule has 0 radical (unpaired) electrons. The van der Waals surface area contributed by atoms with Gasteiger partial charge in [0.2, 0.25) is 5.91 Å². The fraction of sp³-hybridized carbons (Fsp3) is 0.130. The Labute approximate surface area is 169 Å². The number of para-hydroxylation sites is 1. The molecular formula is C23H21N3OS. The van der Waals surface area contributed by atoms with E-state index in [1.54, 1.807) is 0 Å². The van der Waals surface area contributed by atoms with E-state index in [1.165, 1.54) is 11.8 Å². The highest BCUT2D eigenvalue weighted by atomic mass is 32.2. The number of benzene rings is 3. The molecule has 0 aliphatic carbocycles. The molecule has 1 amide bonds. The Kier molecular flexibility index (Phi) is 7.25. The van der Waals surface area contributed by atoms with Crippen molar-refractivity contribution in [2.45, 2.75) is 10.9 Å². The van der Waals surface area contributed by atoms with Gasteiger partial charge in [-0.3, -0.25) is 10.1 Å². The molecule has 0 saturated carbocycles. The van der Waals surface area contributed by atoms with Gasteiger partial charge in [-0.2, -0.15) is 5.26 Å². The largest absolute Gasteiger partial charge is 0.324 e. The normalized spacial score (nSPS) is 10.4. The lowest BCUT2D eigenvalue weighted by Gasteiger charge is -2.20. The minimum absolute atomic E-state index is 0.0728. The molecule has 2 N–H and O–H groups in total. The number of nitrogens with zero attached hydrogens (tertiary/aromatic N) is 1. The van der Waals surface area contributed by atoms with Crippen LogP contribution in [0.15, 0.2) is 89.8 Å². The van der Waals surface area contributed by atoms with E-state index in [-0.39, 0.29) is 18.5 Å². The number of carbonyl (C=O) groups is 1. The van der Waals surface area contributed by atoms with Crippen LogP contribution in [-0.2, 0) is 4.79 Å². The van der Waals surface area contributed by atoms with Crippen molar-refractivity contribution in [1.82, 2.24) is 5.32 Å². The topological polar surface area (TPSA) is 64.9 Å². The van der Waals surface area contributed by atoms with E-state index in [4.69, 9.17) is 5.26 Å². The average Bonchev–Trinajstić information content (AvgIpc) is 2.75. The summed E-state index contributed by atoms with van der Waals surface area (Å²) < 4.78 is 0. The minimum Gasteiger partial charge on any atom is -0.324 e. The smallest absolute Gasteiger partial charge is 0.238 e. The Balaban J connectivity index is 1.69.